The maximum absolute atomic E-state index is 12.2. The summed E-state index contributed by atoms with van der Waals surface area (Å²) in [4.78, 5) is 17.8. The van der Waals surface area contributed by atoms with Crippen molar-refractivity contribution in [1.82, 2.24) is 10.3 Å². The maximum Gasteiger partial charge on any atom is 0.225 e. The van der Waals surface area contributed by atoms with Crippen LogP contribution in [0.15, 0.2) is 24.3 Å². The molecule has 0 radical (unpaired) electrons. The quantitative estimate of drug-likeness (QED) is 0.807. The molecule has 1 amide bonds. The second-order valence-corrected chi connectivity index (χ2v) is 7.79. The van der Waals surface area contributed by atoms with Gasteiger partial charge in [0.2, 0.25) is 5.91 Å². The first-order valence-corrected chi connectivity index (χ1v) is 9.16. The predicted octanol–water partition coefficient (Wildman–Crippen LogP) is 3.49. The summed E-state index contributed by atoms with van der Waals surface area (Å²) < 4.78 is 0. The largest absolute Gasteiger partial charge is 0.393 e. The average molecular weight is 346 g/mol. The molecule has 0 saturated heterocycles. The van der Waals surface area contributed by atoms with E-state index < -0.39 is 0 Å². The van der Waals surface area contributed by atoms with E-state index in [9.17, 15) is 9.90 Å². The second kappa shape index (κ2) is 8.40. The molecule has 0 spiro atoms. The van der Waals surface area contributed by atoms with Crippen LogP contribution < -0.4 is 5.32 Å². The molecule has 0 aliphatic carbocycles. The number of carbonyl (C=O) groups is 1. The normalized spacial score (nSPS) is 12.4. The van der Waals surface area contributed by atoms with Crippen molar-refractivity contribution in [2.75, 3.05) is 6.54 Å². The molecule has 1 atom stereocenters. The highest BCUT2D eigenvalue weighted by Gasteiger charge is 2.15. The number of hydrogen-bond acceptors (Lipinski definition) is 4. The SMILES string of the molecule is Cc1ccc(-c2nc(C)sc2CC(=O)NCCC(O)C(C)C)cc1. The standard InChI is InChI=1S/C19H26N2O2S/c1-12(2)16(22)9-10-20-18(23)11-17-19(21-14(4)24-17)15-7-5-13(3)6-8-15/h5-8,12,16,22H,9-11H2,1-4H3,(H,20,23). The summed E-state index contributed by atoms with van der Waals surface area (Å²) in [7, 11) is 0. The van der Waals surface area contributed by atoms with Crippen LogP contribution in [0.25, 0.3) is 11.3 Å². The van der Waals surface area contributed by atoms with Crippen LogP contribution >= 0.6 is 11.3 Å². The summed E-state index contributed by atoms with van der Waals surface area (Å²) in [6.07, 6.45) is 0.529. The van der Waals surface area contributed by atoms with Gasteiger partial charge in [0.15, 0.2) is 0 Å². The minimum absolute atomic E-state index is 0.0250. The van der Waals surface area contributed by atoms with Crippen molar-refractivity contribution in [3.8, 4) is 11.3 Å². The lowest BCUT2D eigenvalue weighted by molar-refractivity contribution is -0.120. The lowest BCUT2D eigenvalue weighted by Gasteiger charge is -2.14. The van der Waals surface area contributed by atoms with Crippen LogP contribution in [-0.2, 0) is 11.2 Å². The molecule has 0 saturated carbocycles. The van der Waals surface area contributed by atoms with E-state index in [1.807, 2.05) is 32.9 Å². The van der Waals surface area contributed by atoms with E-state index in [1.54, 1.807) is 11.3 Å². The highest BCUT2D eigenvalue weighted by Crippen LogP contribution is 2.28. The Morgan fingerprint density at radius 3 is 2.54 bits per heavy atom. The number of aromatic nitrogens is 1. The molecule has 4 nitrogen and oxygen atoms in total. The van der Waals surface area contributed by atoms with Crippen molar-refractivity contribution in [3.05, 3.63) is 39.7 Å². The molecule has 2 rings (SSSR count). The molecule has 5 heteroatoms. The average Bonchev–Trinajstić information content (AvgIpc) is 2.88. The van der Waals surface area contributed by atoms with Gasteiger partial charge in [0, 0.05) is 17.0 Å². The van der Waals surface area contributed by atoms with Gasteiger partial charge in [0.05, 0.1) is 23.2 Å². The number of aliphatic hydroxyl groups is 1. The minimum Gasteiger partial charge on any atom is -0.393 e. The molecule has 0 bridgehead atoms. The van der Waals surface area contributed by atoms with Crippen molar-refractivity contribution < 1.29 is 9.90 Å². The molecular formula is C19H26N2O2S. The number of nitrogens with one attached hydrogen (secondary N) is 1. The number of aliphatic hydroxyl groups excluding tert-OH is 1. The fourth-order valence-electron chi connectivity index (χ4n) is 2.43. The van der Waals surface area contributed by atoms with Gasteiger partial charge in [-0.15, -0.1) is 11.3 Å². The third-order valence-electron chi connectivity index (χ3n) is 3.98. The van der Waals surface area contributed by atoms with Gasteiger partial charge in [-0.2, -0.15) is 0 Å². The predicted molar refractivity (Wildman–Crippen MR) is 99.2 cm³/mol. The molecule has 2 aromatic rings. The van der Waals surface area contributed by atoms with Gasteiger partial charge in [-0.1, -0.05) is 43.7 Å². The Bertz CT molecular complexity index is 677. The van der Waals surface area contributed by atoms with Gasteiger partial charge in [-0.05, 0) is 26.2 Å². The zero-order chi connectivity index (χ0) is 17.7. The fourth-order valence-corrected chi connectivity index (χ4v) is 3.38. The molecule has 0 fully saturated rings. The second-order valence-electron chi connectivity index (χ2n) is 6.50. The van der Waals surface area contributed by atoms with E-state index >= 15 is 0 Å². The van der Waals surface area contributed by atoms with Crippen molar-refractivity contribution >= 4 is 17.2 Å². The third kappa shape index (κ3) is 5.14. The molecule has 2 N–H and O–H groups in total. The monoisotopic (exact) mass is 346 g/mol. The number of thiazole rings is 1. The number of benzene rings is 1. The van der Waals surface area contributed by atoms with Crippen LogP contribution in [0.4, 0.5) is 0 Å². The van der Waals surface area contributed by atoms with Gasteiger partial charge in [-0.3, -0.25) is 4.79 Å². The molecule has 1 aromatic heterocycles. The summed E-state index contributed by atoms with van der Waals surface area (Å²) in [6, 6.07) is 8.21. The van der Waals surface area contributed by atoms with E-state index in [2.05, 4.69) is 29.4 Å². The van der Waals surface area contributed by atoms with E-state index in [0.717, 1.165) is 21.1 Å². The lowest BCUT2D eigenvalue weighted by atomic mass is 10.0. The van der Waals surface area contributed by atoms with E-state index in [0.29, 0.717) is 19.4 Å². The first-order valence-electron chi connectivity index (χ1n) is 8.35. The van der Waals surface area contributed by atoms with Gasteiger partial charge in [0.1, 0.15) is 0 Å². The highest BCUT2D eigenvalue weighted by molar-refractivity contribution is 7.12. The lowest BCUT2D eigenvalue weighted by Crippen LogP contribution is -2.29. The zero-order valence-corrected chi connectivity index (χ0v) is 15.6. The number of carbonyl (C=O) groups excluding carboxylic acids is 1. The minimum atomic E-state index is -0.376. The van der Waals surface area contributed by atoms with Crippen molar-refractivity contribution in [3.63, 3.8) is 0 Å². The van der Waals surface area contributed by atoms with Crippen LogP contribution in [0.1, 0.15) is 35.7 Å². The molecule has 0 aliphatic rings. The Hall–Kier alpha value is -1.72. The Morgan fingerprint density at radius 1 is 1.25 bits per heavy atom. The third-order valence-corrected chi connectivity index (χ3v) is 4.95. The van der Waals surface area contributed by atoms with Crippen LogP contribution in [0.3, 0.4) is 0 Å². The summed E-state index contributed by atoms with van der Waals surface area (Å²) in [5.74, 6) is 0.183. The summed E-state index contributed by atoms with van der Waals surface area (Å²) in [5.41, 5.74) is 3.14. The van der Waals surface area contributed by atoms with Gasteiger partial charge in [0.25, 0.3) is 0 Å². The summed E-state index contributed by atoms with van der Waals surface area (Å²) in [6.45, 7) is 8.45. The maximum atomic E-state index is 12.2. The van der Waals surface area contributed by atoms with Crippen LogP contribution in [0, 0.1) is 19.8 Å². The number of amides is 1. The Kier molecular flexibility index (Phi) is 6.52. The van der Waals surface area contributed by atoms with Gasteiger partial charge >= 0.3 is 0 Å². The summed E-state index contributed by atoms with van der Waals surface area (Å²) >= 11 is 1.57. The summed E-state index contributed by atoms with van der Waals surface area (Å²) in [5, 5.41) is 13.6. The molecule has 130 valence electrons. The van der Waals surface area contributed by atoms with Gasteiger partial charge in [-0.25, -0.2) is 4.98 Å². The van der Waals surface area contributed by atoms with Crippen LogP contribution in [-0.4, -0.2) is 28.6 Å². The van der Waals surface area contributed by atoms with E-state index in [4.69, 9.17) is 0 Å². The van der Waals surface area contributed by atoms with E-state index in [1.165, 1.54) is 5.56 Å². The van der Waals surface area contributed by atoms with E-state index in [-0.39, 0.29) is 17.9 Å². The number of nitrogens with zero attached hydrogens (tertiary/aromatic N) is 1. The molecule has 1 unspecified atom stereocenters. The Labute approximate surface area is 148 Å². The fraction of sp³-hybridized carbons (Fsp3) is 0.474. The molecule has 1 heterocycles. The zero-order valence-electron chi connectivity index (χ0n) is 14.8. The van der Waals surface area contributed by atoms with Crippen molar-refractivity contribution in [1.29, 1.82) is 0 Å². The number of aryl methyl sites for hydroxylation is 2. The first kappa shape index (κ1) is 18.6. The topological polar surface area (TPSA) is 62.2 Å². The highest BCUT2D eigenvalue weighted by atomic mass is 32.1. The van der Waals surface area contributed by atoms with Crippen molar-refractivity contribution in [2.24, 2.45) is 5.92 Å². The first-order chi connectivity index (χ1) is 11.4. The van der Waals surface area contributed by atoms with Gasteiger partial charge < -0.3 is 10.4 Å². The molecule has 0 aliphatic heterocycles. The Balaban J connectivity index is 2.00. The van der Waals surface area contributed by atoms with Crippen LogP contribution in [0.2, 0.25) is 0 Å². The Morgan fingerprint density at radius 2 is 1.92 bits per heavy atom. The number of hydrogen-bond donors (Lipinski definition) is 2. The van der Waals surface area contributed by atoms with Crippen LogP contribution in [0.5, 0.6) is 0 Å². The van der Waals surface area contributed by atoms with Crippen molar-refractivity contribution in [2.45, 2.75) is 46.6 Å². The molecule has 1 aromatic carbocycles. The molecule has 24 heavy (non-hydrogen) atoms. The molecular weight excluding hydrogens is 320 g/mol. The number of rotatable bonds is 7. The smallest absolute Gasteiger partial charge is 0.225 e.